The van der Waals surface area contributed by atoms with Gasteiger partial charge in [0.05, 0.1) is 0 Å². The third-order valence-corrected chi connectivity index (χ3v) is 6.07. The van der Waals surface area contributed by atoms with Gasteiger partial charge in [0.25, 0.3) is 0 Å². The van der Waals surface area contributed by atoms with Crippen LogP contribution in [0.3, 0.4) is 0 Å². The van der Waals surface area contributed by atoms with E-state index in [2.05, 4.69) is 34.2 Å². The number of likely N-dealkylation sites (tertiary alicyclic amines) is 1. The molecule has 118 valence electrons. The van der Waals surface area contributed by atoms with E-state index < -0.39 is 0 Å². The first-order valence-corrected chi connectivity index (χ1v) is 9.37. The molecule has 1 saturated carbocycles. The molecule has 0 amide bonds. The molecule has 1 aliphatic heterocycles. The molecule has 2 aliphatic rings. The number of rotatable bonds is 7. The topological polar surface area (TPSA) is 32.5 Å². The maximum Gasteiger partial charge on any atom is 0.0362 e. The zero-order valence-corrected chi connectivity index (χ0v) is 14.1. The second-order valence-corrected chi connectivity index (χ2v) is 7.74. The number of piperidine rings is 1. The van der Waals surface area contributed by atoms with E-state index in [-0.39, 0.29) is 5.54 Å². The Hall–Kier alpha value is -0.420. The van der Waals surface area contributed by atoms with Crippen LogP contribution in [0.4, 0.5) is 0 Å². The minimum absolute atomic E-state index is 0.245. The molecule has 1 saturated heterocycles. The highest BCUT2D eigenvalue weighted by atomic mass is 32.1. The van der Waals surface area contributed by atoms with Gasteiger partial charge in [-0.05, 0) is 63.2 Å². The van der Waals surface area contributed by atoms with Crippen molar-refractivity contribution >= 4 is 11.3 Å². The van der Waals surface area contributed by atoms with E-state index in [1.165, 1.54) is 56.6 Å². The molecule has 0 aromatic carbocycles. The Kier molecular flexibility index (Phi) is 4.99. The summed E-state index contributed by atoms with van der Waals surface area (Å²) in [5.41, 5.74) is 6.54. The van der Waals surface area contributed by atoms with Crippen molar-refractivity contribution in [2.45, 2.75) is 57.2 Å². The minimum Gasteiger partial charge on any atom is -0.329 e. The Bertz CT molecular complexity index is 419. The van der Waals surface area contributed by atoms with Crippen molar-refractivity contribution < 1.29 is 0 Å². The monoisotopic (exact) mass is 307 g/mol. The summed E-state index contributed by atoms with van der Waals surface area (Å²) in [4.78, 5) is 6.87. The third-order valence-electron chi connectivity index (χ3n) is 5.21. The molecule has 1 aromatic heterocycles. The summed E-state index contributed by atoms with van der Waals surface area (Å²) in [7, 11) is 0. The molecule has 0 unspecified atom stereocenters. The summed E-state index contributed by atoms with van der Waals surface area (Å²) in [6, 6.07) is 5.23. The number of thiophene rings is 1. The van der Waals surface area contributed by atoms with Gasteiger partial charge in [-0.2, -0.15) is 0 Å². The van der Waals surface area contributed by atoms with Crippen LogP contribution in [0.15, 0.2) is 17.5 Å². The van der Waals surface area contributed by atoms with Crippen LogP contribution in [-0.4, -0.2) is 47.6 Å². The Morgan fingerprint density at radius 3 is 2.67 bits per heavy atom. The third kappa shape index (κ3) is 3.50. The van der Waals surface area contributed by atoms with Crippen LogP contribution < -0.4 is 5.73 Å². The van der Waals surface area contributed by atoms with Crippen LogP contribution in [-0.2, 0) is 6.54 Å². The first kappa shape index (κ1) is 15.5. The van der Waals surface area contributed by atoms with Crippen molar-refractivity contribution in [2.24, 2.45) is 5.73 Å². The summed E-state index contributed by atoms with van der Waals surface area (Å²) in [6.45, 7) is 7.88. The van der Waals surface area contributed by atoms with Crippen molar-refractivity contribution in [1.82, 2.24) is 9.80 Å². The lowest BCUT2D eigenvalue weighted by molar-refractivity contribution is 0.0151. The van der Waals surface area contributed by atoms with E-state index in [1.807, 2.05) is 11.3 Å². The highest BCUT2D eigenvalue weighted by Gasteiger charge is 2.45. The van der Waals surface area contributed by atoms with Crippen LogP contribution >= 0.6 is 11.3 Å². The van der Waals surface area contributed by atoms with Gasteiger partial charge in [-0.15, -0.1) is 11.3 Å². The smallest absolute Gasteiger partial charge is 0.0362 e. The summed E-state index contributed by atoms with van der Waals surface area (Å²) in [5, 5.41) is 2.19. The zero-order valence-electron chi connectivity index (χ0n) is 13.3. The molecular formula is C17H29N3S. The van der Waals surface area contributed by atoms with E-state index in [1.54, 1.807) is 0 Å². The molecule has 2 fully saturated rings. The molecule has 0 radical (unpaired) electrons. The highest BCUT2D eigenvalue weighted by Crippen LogP contribution is 2.39. The minimum atomic E-state index is 0.245. The quantitative estimate of drug-likeness (QED) is 0.840. The van der Waals surface area contributed by atoms with Gasteiger partial charge in [0.2, 0.25) is 0 Å². The molecule has 21 heavy (non-hydrogen) atoms. The first-order valence-electron chi connectivity index (χ1n) is 8.49. The predicted molar refractivity (Wildman–Crippen MR) is 90.6 cm³/mol. The summed E-state index contributed by atoms with van der Waals surface area (Å²) in [5.74, 6) is 0. The molecule has 2 heterocycles. The van der Waals surface area contributed by atoms with Crippen molar-refractivity contribution in [3.8, 4) is 0 Å². The van der Waals surface area contributed by atoms with Gasteiger partial charge in [-0.25, -0.2) is 0 Å². The number of hydrogen-bond donors (Lipinski definition) is 1. The van der Waals surface area contributed by atoms with E-state index in [9.17, 15) is 0 Å². The second kappa shape index (κ2) is 6.78. The van der Waals surface area contributed by atoms with Gasteiger partial charge in [-0.3, -0.25) is 4.90 Å². The fraction of sp³-hybridized carbons (Fsp3) is 0.765. The van der Waals surface area contributed by atoms with Crippen molar-refractivity contribution in [3.05, 3.63) is 22.4 Å². The lowest BCUT2D eigenvalue weighted by Gasteiger charge is -2.49. The fourth-order valence-corrected chi connectivity index (χ4v) is 4.46. The molecule has 3 rings (SSSR count). The van der Waals surface area contributed by atoms with Crippen molar-refractivity contribution in [2.75, 3.05) is 26.2 Å². The Morgan fingerprint density at radius 2 is 2.14 bits per heavy atom. The largest absolute Gasteiger partial charge is 0.329 e. The number of nitrogens with zero attached hydrogens (tertiary/aromatic N) is 2. The standard InChI is InChI=1S/C17H29N3S/c1-2-9-19-10-7-17(14-18,8-11-19)20(15-5-6-15)13-16-4-3-12-21-16/h3-4,12,15H,2,5-11,13-14,18H2,1H3. The van der Waals surface area contributed by atoms with Crippen LogP contribution in [0.1, 0.15) is 43.9 Å². The zero-order chi connectivity index (χ0) is 14.7. The summed E-state index contributed by atoms with van der Waals surface area (Å²) < 4.78 is 0. The SMILES string of the molecule is CCCN1CCC(CN)(N(Cc2cccs2)C2CC2)CC1. The van der Waals surface area contributed by atoms with Gasteiger partial charge in [0.15, 0.2) is 0 Å². The second-order valence-electron chi connectivity index (χ2n) is 6.71. The summed E-state index contributed by atoms with van der Waals surface area (Å²) >= 11 is 1.89. The summed E-state index contributed by atoms with van der Waals surface area (Å²) in [6.07, 6.45) is 6.48. The predicted octanol–water partition coefficient (Wildman–Crippen LogP) is 2.92. The molecule has 2 N–H and O–H groups in total. The molecule has 4 heteroatoms. The van der Waals surface area contributed by atoms with Gasteiger partial charge in [0, 0.05) is 29.5 Å². The van der Waals surface area contributed by atoms with E-state index >= 15 is 0 Å². The molecule has 0 bridgehead atoms. The average molecular weight is 308 g/mol. The molecular weight excluding hydrogens is 278 g/mol. The molecule has 0 atom stereocenters. The van der Waals surface area contributed by atoms with E-state index in [0.717, 1.165) is 19.1 Å². The maximum absolute atomic E-state index is 6.30. The normalized spacial score (nSPS) is 22.8. The molecule has 3 nitrogen and oxygen atoms in total. The van der Waals surface area contributed by atoms with Crippen LogP contribution in [0.25, 0.3) is 0 Å². The van der Waals surface area contributed by atoms with Gasteiger partial charge in [0.1, 0.15) is 0 Å². The highest BCUT2D eigenvalue weighted by molar-refractivity contribution is 7.09. The molecule has 0 spiro atoms. The van der Waals surface area contributed by atoms with E-state index in [4.69, 9.17) is 5.73 Å². The van der Waals surface area contributed by atoms with Crippen molar-refractivity contribution in [3.63, 3.8) is 0 Å². The Morgan fingerprint density at radius 1 is 1.38 bits per heavy atom. The van der Waals surface area contributed by atoms with Crippen LogP contribution in [0.5, 0.6) is 0 Å². The Labute approximate surface area is 133 Å². The van der Waals surface area contributed by atoms with Crippen LogP contribution in [0.2, 0.25) is 0 Å². The fourth-order valence-electron chi connectivity index (χ4n) is 3.76. The molecule has 1 aliphatic carbocycles. The van der Waals surface area contributed by atoms with Crippen molar-refractivity contribution in [1.29, 1.82) is 0 Å². The average Bonchev–Trinajstić information content (AvgIpc) is 3.23. The molecule has 1 aromatic rings. The van der Waals surface area contributed by atoms with E-state index in [0.29, 0.717) is 0 Å². The first-order chi connectivity index (χ1) is 10.3. The van der Waals surface area contributed by atoms with Gasteiger partial charge in [-0.1, -0.05) is 13.0 Å². The lowest BCUT2D eigenvalue weighted by atomic mass is 9.85. The maximum atomic E-state index is 6.30. The number of nitrogens with two attached hydrogens (primary N) is 1. The number of hydrogen-bond acceptors (Lipinski definition) is 4. The van der Waals surface area contributed by atoms with Gasteiger partial charge < -0.3 is 10.6 Å². The lowest BCUT2D eigenvalue weighted by Crippen LogP contribution is -2.59. The Balaban J connectivity index is 1.70. The van der Waals surface area contributed by atoms with Crippen LogP contribution in [0, 0.1) is 0 Å². The van der Waals surface area contributed by atoms with Gasteiger partial charge >= 0.3 is 0 Å².